The summed E-state index contributed by atoms with van der Waals surface area (Å²) in [6.07, 6.45) is 2.99. The molecule has 0 saturated carbocycles. The van der Waals surface area contributed by atoms with Crippen molar-refractivity contribution >= 4 is 17.7 Å². The Morgan fingerprint density at radius 3 is 3.08 bits per heavy atom. The van der Waals surface area contributed by atoms with Crippen LogP contribution in [0, 0.1) is 0 Å². The highest BCUT2D eigenvalue weighted by atomic mass is 32.2. The Kier molecular flexibility index (Phi) is 5.95. The van der Waals surface area contributed by atoms with Gasteiger partial charge in [-0.3, -0.25) is 15.6 Å². The molecule has 134 valence electrons. The number of hydrogen-bond donors (Lipinski definition) is 2. The summed E-state index contributed by atoms with van der Waals surface area (Å²) in [4.78, 5) is 15.1. The molecule has 1 fully saturated rings. The van der Waals surface area contributed by atoms with Crippen molar-refractivity contribution in [3.05, 3.63) is 41.8 Å². The zero-order valence-electron chi connectivity index (χ0n) is 14.3. The van der Waals surface area contributed by atoms with Crippen molar-refractivity contribution in [2.45, 2.75) is 24.0 Å². The van der Waals surface area contributed by atoms with Crippen LogP contribution >= 0.6 is 11.8 Å². The average Bonchev–Trinajstić information content (AvgIpc) is 3.31. The molecule has 1 aromatic carbocycles. The van der Waals surface area contributed by atoms with Gasteiger partial charge in [0.1, 0.15) is 12.4 Å². The number of rotatable bonds is 7. The van der Waals surface area contributed by atoms with E-state index < -0.39 is 0 Å². The molecule has 0 aliphatic carbocycles. The van der Waals surface area contributed by atoms with Gasteiger partial charge in [-0.15, -0.1) is 11.8 Å². The SMILES string of the molecule is CSc1ccccc1OCc1cc(C(=O)N(C)CC2CCNN2)no1. The van der Waals surface area contributed by atoms with E-state index in [0.717, 1.165) is 23.6 Å². The molecule has 1 unspecified atom stereocenters. The second kappa shape index (κ2) is 8.37. The van der Waals surface area contributed by atoms with E-state index in [-0.39, 0.29) is 18.6 Å². The molecular formula is C17H22N4O3S. The van der Waals surface area contributed by atoms with Crippen molar-refractivity contribution in [3.8, 4) is 5.75 Å². The van der Waals surface area contributed by atoms with Gasteiger partial charge in [0.05, 0.1) is 0 Å². The first kappa shape index (κ1) is 17.8. The van der Waals surface area contributed by atoms with Crippen LogP contribution in [0.25, 0.3) is 0 Å². The molecular weight excluding hydrogens is 340 g/mol. The van der Waals surface area contributed by atoms with Crippen molar-refractivity contribution in [2.24, 2.45) is 0 Å². The molecule has 1 aromatic heterocycles. The number of para-hydroxylation sites is 1. The van der Waals surface area contributed by atoms with Gasteiger partial charge in [0.2, 0.25) is 0 Å². The number of aromatic nitrogens is 1. The monoisotopic (exact) mass is 362 g/mol. The number of nitrogens with one attached hydrogen (secondary N) is 2. The Morgan fingerprint density at radius 1 is 1.48 bits per heavy atom. The first-order valence-electron chi connectivity index (χ1n) is 8.12. The third-order valence-electron chi connectivity index (χ3n) is 3.98. The largest absolute Gasteiger partial charge is 0.484 e. The number of carbonyl (C=O) groups is 1. The first-order chi connectivity index (χ1) is 12.2. The van der Waals surface area contributed by atoms with Gasteiger partial charge in [-0.1, -0.05) is 17.3 Å². The molecule has 2 heterocycles. The standard InChI is InChI=1S/C17H22N4O3S/c1-21(10-12-7-8-18-19-12)17(22)14-9-13(24-20-14)11-23-15-5-3-4-6-16(15)25-2/h3-6,9,12,18-19H,7-8,10-11H2,1-2H3. The lowest BCUT2D eigenvalue weighted by atomic mass is 10.2. The Hall–Kier alpha value is -2.03. The Labute approximate surface area is 151 Å². The van der Waals surface area contributed by atoms with E-state index in [2.05, 4.69) is 16.0 Å². The highest BCUT2D eigenvalue weighted by Gasteiger charge is 2.22. The molecule has 3 rings (SSSR count). The lowest BCUT2D eigenvalue weighted by molar-refractivity contribution is 0.0772. The Morgan fingerprint density at radius 2 is 2.32 bits per heavy atom. The van der Waals surface area contributed by atoms with Crippen LogP contribution in [0.4, 0.5) is 0 Å². The predicted molar refractivity (Wildman–Crippen MR) is 95.6 cm³/mol. The summed E-state index contributed by atoms with van der Waals surface area (Å²) in [7, 11) is 1.77. The van der Waals surface area contributed by atoms with Crippen LogP contribution in [-0.4, -0.2) is 48.4 Å². The normalized spacial score (nSPS) is 16.8. The number of hydrazine groups is 1. The molecule has 0 radical (unpaired) electrons. The molecule has 7 nitrogen and oxygen atoms in total. The summed E-state index contributed by atoms with van der Waals surface area (Å²) in [6, 6.07) is 9.69. The highest BCUT2D eigenvalue weighted by molar-refractivity contribution is 7.98. The van der Waals surface area contributed by atoms with Crippen LogP contribution < -0.4 is 15.6 Å². The van der Waals surface area contributed by atoms with Gasteiger partial charge in [-0.25, -0.2) is 0 Å². The van der Waals surface area contributed by atoms with Crippen LogP contribution in [0.3, 0.4) is 0 Å². The quantitative estimate of drug-likeness (QED) is 0.729. The number of carbonyl (C=O) groups excluding carboxylic acids is 1. The number of nitrogens with zero attached hydrogens (tertiary/aromatic N) is 2. The molecule has 1 amide bonds. The van der Waals surface area contributed by atoms with Crippen molar-refractivity contribution in [3.63, 3.8) is 0 Å². The van der Waals surface area contributed by atoms with E-state index in [0.29, 0.717) is 18.0 Å². The number of hydrogen-bond acceptors (Lipinski definition) is 7. The first-order valence-corrected chi connectivity index (χ1v) is 9.35. The second-order valence-electron chi connectivity index (χ2n) is 5.86. The number of likely N-dealkylation sites (N-methyl/N-ethyl adjacent to an activating group) is 1. The minimum atomic E-state index is -0.159. The lowest BCUT2D eigenvalue weighted by Crippen LogP contribution is -2.41. The van der Waals surface area contributed by atoms with E-state index in [1.165, 1.54) is 0 Å². The van der Waals surface area contributed by atoms with Crippen LogP contribution in [0.1, 0.15) is 22.7 Å². The van der Waals surface area contributed by atoms with E-state index in [1.807, 2.05) is 30.5 Å². The maximum atomic E-state index is 12.4. The van der Waals surface area contributed by atoms with E-state index in [4.69, 9.17) is 9.26 Å². The van der Waals surface area contributed by atoms with Gasteiger partial charge in [-0.05, 0) is 24.8 Å². The van der Waals surface area contributed by atoms with E-state index >= 15 is 0 Å². The topological polar surface area (TPSA) is 79.6 Å². The smallest absolute Gasteiger partial charge is 0.275 e. The number of thioether (sulfide) groups is 1. The highest BCUT2D eigenvalue weighted by Crippen LogP contribution is 2.27. The summed E-state index contributed by atoms with van der Waals surface area (Å²) in [5.74, 6) is 1.15. The lowest BCUT2D eigenvalue weighted by Gasteiger charge is -2.19. The summed E-state index contributed by atoms with van der Waals surface area (Å²) >= 11 is 1.62. The molecule has 1 aliphatic rings. The number of ether oxygens (including phenoxy) is 1. The van der Waals surface area contributed by atoms with Crippen LogP contribution in [0.5, 0.6) is 5.75 Å². The summed E-state index contributed by atoms with van der Waals surface area (Å²) in [5, 5.41) is 3.88. The Bertz CT molecular complexity index is 715. The molecule has 0 spiro atoms. The number of amides is 1. The zero-order valence-corrected chi connectivity index (χ0v) is 15.1. The molecule has 2 N–H and O–H groups in total. The summed E-state index contributed by atoms with van der Waals surface area (Å²) in [5.41, 5.74) is 6.50. The third-order valence-corrected chi connectivity index (χ3v) is 4.76. The molecule has 8 heteroatoms. The third kappa shape index (κ3) is 4.53. The fraction of sp³-hybridized carbons (Fsp3) is 0.412. The molecule has 0 bridgehead atoms. The van der Waals surface area contributed by atoms with Crippen LogP contribution in [0.2, 0.25) is 0 Å². The fourth-order valence-corrected chi connectivity index (χ4v) is 3.19. The molecule has 1 saturated heterocycles. The van der Waals surface area contributed by atoms with Crippen LogP contribution in [-0.2, 0) is 6.61 Å². The minimum absolute atomic E-state index is 0.159. The number of benzene rings is 1. The maximum Gasteiger partial charge on any atom is 0.275 e. The van der Waals surface area contributed by atoms with Crippen molar-refractivity contribution in [1.29, 1.82) is 0 Å². The molecule has 25 heavy (non-hydrogen) atoms. The van der Waals surface area contributed by atoms with E-state index in [1.54, 1.807) is 29.8 Å². The van der Waals surface area contributed by atoms with Crippen molar-refractivity contribution < 1.29 is 14.1 Å². The van der Waals surface area contributed by atoms with Crippen molar-refractivity contribution in [1.82, 2.24) is 20.9 Å². The maximum absolute atomic E-state index is 12.4. The molecule has 2 aromatic rings. The average molecular weight is 362 g/mol. The van der Waals surface area contributed by atoms with Gasteiger partial charge in [0.15, 0.2) is 11.5 Å². The fourth-order valence-electron chi connectivity index (χ4n) is 2.65. The van der Waals surface area contributed by atoms with Crippen molar-refractivity contribution in [2.75, 3.05) is 26.4 Å². The second-order valence-corrected chi connectivity index (χ2v) is 6.71. The zero-order chi connectivity index (χ0) is 17.6. The minimum Gasteiger partial charge on any atom is -0.484 e. The summed E-state index contributed by atoms with van der Waals surface area (Å²) < 4.78 is 11.0. The van der Waals surface area contributed by atoms with Gasteiger partial charge < -0.3 is 14.2 Å². The summed E-state index contributed by atoms with van der Waals surface area (Å²) in [6.45, 7) is 1.76. The van der Waals surface area contributed by atoms with Gasteiger partial charge in [0, 0.05) is 37.1 Å². The Balaban J connectivity index is 1.57. The molecule has 1 aliphatic heterocycles. The van der Waals surface area contributed by atoms with Gasteiger partial charge in [0.25, 0.3) is 5.91 Å². The van der Waals surface area contributed by atoms with Gasteiger partial charge in [-0.2, -0.15) is 0 Å². The van der Waals surface area contributed by atoms with E-state index in [9.17, 15) is 4.79 Å². The van der Waals surface area contributed by atoms with Gasteiger partial charge >= 0.3 is 0 Å². The van der Waals surface area contributed by atoms with Crippen LogP contribution in [0.15, 0.2) is 39.8 Å². The molecule has 1 atom stereocenters. The predicted octanol–water partition coefficient (Wildman–Crippen LogP) is 1.91.